The molecule has 3 aliphatic rings. The number of ether oxygens (including phenoxy) is 1. The molecule has 14 heteroatoms. The van der Waals surface area contributed by atoms with Crippen molar-refractivity contribution in [2.24, 2.45) is 21.9 Å². The summed E-state index contributed by atoms with van der Waals surface area (Å²) in [7, 11) is -3.76. The molecular weight excluding hydrogens is 497 g/mol. The Morgan fingerprint density at radius 2 is 1.79 bits per heavy atom. The van der Waals surface area contributed by atoms with Crippen molar-refractivity contribution in [1.29, 1.82) is 0 Å². The number of rotatable bonds is 4. The van der Waals surface area contributed by atoms with Crippen molar-refractivity contribution >= 4 is 27.6 Å². The van der Waals surface area contributed by atoms with Crippen molar-refractivity contribution in [2.45, 2.75) is 16.9 Å². The van der Waals surface area contributed by atoms with E-state index in [0.29, 0.717) is 26.3 Å². The Hall–Kier alpha value is -2.42. The second-order valence-corrected chi connectivity index (χ2v) is 11.0. The lowest BCUT2D eigenvalue weighted by Gasteiger charge is -2.53. The Morgan fingerprint density at radius 1 is 1.15 bits per heavy atom. The fourth-order valence-corrected chi connectivity index (χ4v) is 6.27. The Balaban J connectivity index is 1.50. The third-order valence-corrected chi connectivity index (χ3v) is 8.24. The van der Waals surface area contributed by atoms with Gasteiger partial charge < -0.3 is 10.5 Å². The topological polar surface area (TPSA) is 135 Å². The van der Waals surface area contributed by atoms with Crippen LogP contribution in [-0.2, 0) is 26.7 Å². The zero-order valence-electron chi connectivity index (χ0n) is 17.5. The minimum absolute atomic E-state index is 0.0143. The summed E-state index contributed by atoms with van der Waals surface area (Å²) in [5.74, 6) is -1.84. The lowest BCUT2D eigenvalue weighted by Crippen LogP contribution is -2.66. The van der Waals surface area contributed by atoms with Crippen LogP contribution in [0.3, 0.4) is 0 Å². The Bertz CT molecular complexity index is 1290. The van der Waals surface area contributed by atoms with Crippen molar-refractivity contribution in [2.75, 3.05) is 26.3 Å². The Labute approximate surface area is 197 Å². The number of hydrogen-bond donors (Lipinski definition) is 4. The number of alkyl halides is 3. The standard InChI is InChI=1S/C20H20ClF3N6O3S/c21-15-6-12(20(26)27-17(25)28-29-20)5-14(19(22,23)24)16(15)11-1-3-13(4-2-11)34(31,32)30-7-18(8-30)9-33-10-18/h1-6,29H,7-10,26H2,(H3,25,27,28). The van der Waals surface area contributed by atoms with Gasteiger partial charge in [-0.25, -0.2) is 13.4 Å². The minimum atomic E-state index is -4.78. The van der Waals surface area contributed by atoms with Gasteiger partial charge in [0.05, 0.1) is 23.7 Å². The van der Waals surface area contributed by atoms with Gasteiger partial charge in [0.15, 0.2) is 0 Å². The number of aliphatic imine (C=N–C) groups is 1. The van der Waals surface area contributed by atoms with Gasteiger partial charge in [0, 0.05) is 34.7 Å². The number of nitrogens with zero attached hydrogens (tertiary/aromatic N) is 2. The molecule has 5 rings (SSSR count). The molecule has 1 spiro atoms. The van der Waals surface area contributed by atoms with Crippen LogP contribution in [0.25, 0.3) is 11.1 Å². The van der Waals surface area contributed by atoms with E-state index in [4.69, 9.17) is 27.8 Å². The second kappa shape index (κ2) is 7.54. The molecule has 3 aliphatic heterocycles. The summed E-state index contributed by atoms with van der Waals surface area (Å²) in [5.41, 5.74) is 15.1. The maximum atomic E-state index is 14.0. The Morgan fingerprint density at radius 3 is 2.29 bits per heavy atom. The smallest absolute Gasteiger partial charge is 0.380 e. The molecule has 6 N–H and O–H groups in total. The maximum absolute atomic E-state index is 14.0. The van der Waals surface area contributed by atoms with Gasteiger partial charge in [0.2, 0.25) is 21.8 Å². The molecule has 0 bridgehead atoms. The molecule has 1 unspecified atom stereocenters. The highest BCUT2D eigenvalue weighted by Crippen LogP contribution is 2.44. The number of nitrogens with two attached hydrogens (primary N) is 2. The van der Waals surface area contributed by atoms with Crippen LogP contribution in [-0.4, -0.2) is 45.0 Å². The van der Waals surface area contributed by atoms with Crippen molar-refractivity contribution in [3.8, 4) is 11.1 Å². The van der Waals surface area contributed by atoms with Gasteiger partial charge in [0.1, 0.15) is 0 Å². The molecule has 2 saturated heterocycles. The molecule has 9 nitrogen and oxygen atoms in total. The number of hydrazine groups is 1. The first-order valence-corrected chi connectivity index (χ1v) is 11.9. The summed E-state index contributed by atoms with van der Waals surface area (Å²) in [5, 5.41) is -0.234. The van der Waals surface area contributed by atoms with Gasteiger partial charge in [-0.3, -0.25) is 11.2 Å². The number of sulfonamides is 1. The number of halogens is 4. The first-order valence-electron chi connectivity index (χ1n) is 10.1. The van der Waals surface area contributed by atoms with E-state index in [1.165, 1.54) is 34.6 Å². The van der Waals surface area contributed by atoms with Crippen LogP contribution in [0.15, 0.2) is 46.3 Å². The van der Waals surface area contributed by atoms with E-state index in [1.807, 2.05) is 0 Å². The summed E-state index contributed by atoms with van der Waals surface area (Å²) in [4.78, 5) is 3.88. The average molecular weight is 517 g/mol. The van der Waals surface area contributed by atoms with Crippen LogP contribution < -0.4 is 22.3 Å². The molecule has 2 aromatic carbocycles. The summed E-state index contributed by atoms with van der Waals surface area (Å²) >= 11 is 6.30. The monoisotopic (exact) mass is 516 g/mol. The second-order valence-electron chi connectivity index (χ2n) is 8.68. The molecule has 0 radical (unpaired) electrons. The third-order valence-electron chi connectivity index (χ3n) is 6.13. The van der Waals surface area contributed by atoms with E-state index in [9.17, 15) is 21.6 Å². The van der Waals surface area contributed by atoms with Crippen LogP contribution in [0.1, 0.15) is 11.1 Å². The minimum Gasteiger partial charge on any atom is -0.380 e. The molecule has 34 heavy (non-hydrogen) atoms. The van der Waals surface area contributed by atoms with Crippen LogP contribution in [0.4, 0.5) is 13.2 Å². The lowest BCUT2D eigenvalue weighted by atomic mass is 9.80. The van der Waals surface area contributed by atoms with Crippen molar-refractivity contribution in [1.82, 2.24) is 15.2 Å². The van der Waals surface area contributed by atoms with E-state index in [-0.39, 0.29) is 38.0 Å². The Kier molecular flexibility index (Phi) is 5.17. The largest absolute Gasteiger partial charge is 0.417 e. The van der Waals surface area contributed by atoms with Crippen LogP contribution in [0.5, 0.6) is 0 Å². The van der Waals surface area contributed by atoms with Crippen LogP contribution in [0, 0.1) is 5.41 Å². The number of guanidine groups is 1. The molecule has 3 heterocycles. The first-order chi connectivity index (χ1) is 15.8. The van der Waals surface area contributed by atoms with Gasteiger partial charge in [0.25, 0.3) is 0 Å². The first kappa shape index (κ1) is 23.3. The summed E-state index contributed by atoms with van der Waals surface area (Å²) < 4.78 is 74.3. The quantitative estimate of drug-likeness (QED) is 0.484. The summed E-state index contributed by atoms with van der Waals surface area (Å²) in [6.45, 7) is 1.78. The highest BCUT2D eigenvalue weighted by molar-refractivity contribution is 7.89. The molecule has 1 atom stereocenters. The van der Waals surface area contributed by atoms with Gasteiger partial charge in [-0.05, 0) is 29.8 Å². The molecular formula is C20H20ClF3N6O3S. The van der Waals surface area contributed by atoms with Crippen molar-refractivity contribution in [3.05, 3.63) is 52.5 Å². The molecule has 2 aromatic rings. The van der Waals surface area contributed by atoms with Crippen LogP contribution in [0.2, 0.25) is 5.02 Å². The molecule has 0 saturated carbocycles. The SMILES string of the molecule is NC1=NC(N)(c2cc(Cl)c(-c3ccc(S(=O)(=O)N4CC5(COC5)C4)cc3)c(C(F)(F)F)c2)NN1. The van der Waals surface area contributed by atoms with Crippen LogP contribution >= 0.6 is 11.6 Å². The highest BCUT2D eigenvalue weighted by Gasteiger charge is 2.53. The summed E-state index contributed by atoms with van der Waals surface area (Å²) in [6.07, 6.45) is -4.78. The third kappa shape index (κ3) is 3.72. The number of benzene rings is 2. The maximum Gasteiger partial charge on any atom is 0.417 e. The van der Waals surface area contributed by atoms with Gasteiger partial charge in [-0.15, -0.1) is 0 Å². The van der Waals surface area contributed by atoms with E-state index >= 15 is 0 Å². The van der Waals surface area contributed by atoms with Crippen molar-refractivity contribution in [3.63, 3.8) is 0 Å². The fraction of sp³-hybridized carbons (Fsp3) is 0.350. The predicted molar refractivity (Wildman–Crippen MR) is 118 cm³/mol. The molecule has 0 amide bonds. The van der Waals surface area contributed by atoms with E-state index in [2.05, 4.69) is 15.8 Å². The normalized spacial score (nSPS) is 24.3. The molecule has 0 aromatic heterocycles. The van der Waals surface area contributed by atoms with Gasteiger partial charge in [-0.2, -0.15) is 22.9 Å². The highest BCUT2D eigenvalue weighted by atomic mass is 35.5. The zero-order valence-corrected chi connectivity index (χ0v) is 19.1. The van der Waals surface area contributed by atoms with E-state index in [1.54, 1.807) is 0 Å². The molecule has 2 fully saturated rings. The van der Waals surface area contributed by atoms with Gasteiger partial charge in [-0.1, -0.05) is 23.7 Å². The van der Waals surface area contributed by atoms with E-state index < -0.39 is 27.5 Å². The zero-order chi connectivity index (χ0) is 24.5. The molecule has 182 valence electrons. The van der Waals surface area contributed by atoms with Crippen molar-refractivity contribution < 1.29 is 26.3 Å². The number of nitrogens with one attached hydrogen (secondary N) is 2. The summed E-state index contributed by atoms with van der Waals surface area (Å²) in [6, 6.07) is 7.24. The lowest BCUT2D eigenvalue weighted by molar-refractivity contribution is -0.166. The average Bonchev–Trinajstić information content (AvgIpc) is 3.04. The predicted octanol–water partition coefficient (Wildman–Crippen LogP) is 1.54. The fourth-order valence-electron chi connectivity index (χ4n) is 4.27. The number of hydrogen-bond acceptors (Lipinski definition) is 8. The van der Waals surface area contributed by atoms with Gasteiger partial charge >= 0.3 is 6.18 Å². The molecule has 0 aliphatic carbocycles. The van der Waals surface area contributed by atoms with E-state index in [0.717, 1.165) is 6.07 Å².